The zero-order valence-electron chi connectivity index (χ0n) is 10.9. The number of nitrogens with zero attached hydrogens (tertiary/aromatic N) is 1. The van der Waals surface area contributed by atoms with Crippen LogP contribution in [-0.4, -0.2) is 49.8 Å². The zero-order valence-corrected chi connectivity index (χ0v) is 13.3. The fourth-order valence-corrected chi connectivity index (χ4v) is 3.47. The minimum absolute atomic E-state index is 0.0469. The molecule has 0 bridgehead atoms. The van der Waals surface area contributed by atoms with Crippen LogP contribution in [0.25, 0.3) is 0 Å². The predicted molar refractivity (Wildman–Crippen MR) is 68.9 cm³/mol. The van der Waals surface area contributed by atoms with Crippen molar-refractivity contribution < 1.29 is 9.59 Å². The van der Waals surface area contributed by atoms with Gasteiger partial charge >= 0.3 is 111 Å². The standard InChI is InChI=1S/C11H22AsN3O2/c1-10(2)5-7(6-11(3,4)14-10)15(12)9(17)8(13)16/h7,14H,5-6,12H2,1-4H3,(H2,13,16). The van der Waals surface area contributed by atoms with E-state index in [-0.39, 0.29) is 17.1 Å². The van der Waals surface area contributed by atoms with Gasteiger partial charge in [0.1, 0.15) is 0 Å². The fraction of sp³-hybridized carbons (Fsp3) is 0.818. The number of hydrogen-bond acceptors (Lipinski definition) is 3. The van der Waals surface area contributed by atoms with Crippen LogP contribution in [0.4, 0.5) is 0 Å². The van der Waals surface area contributed by atoms with Crippen LogP contribution in [0, 0.1) is 0 Å². The van der Waals surface area contributed by atoms with E-state index in [2.05, 4.69) is 33.0 Å². The van der Waals surface area contributed by atoms with Crippen LogP contribution in [-0.2, 0) is 9.59 Å². The van der Waals surface area contributed by atoms with Crippen LogP contribution < -0.4 is 11.1 Å². The second-order valence-corrected chi connectivity index (χ2v) is 7.20. The average molecular weight is 303 g/mol. The Bertz CT molecular complexity index is 326. The molecular formula is C11H22AsN3O2. The third kappa shape index (κ3) is 3.71. The Kier molecular flexibility index (Phi) is 3.94. The first-order chi connectivity index (χ1) is 7.54. The molecule has 0 aromatic rings. The number of carbonyl (C=O) groups is 2. The molecular weight excluding hydrogens is 281 g/mol. The van der Waals surface area contributed by atoms with Crippen molar-refractivity contribution in [3.63, 3.8) is 0 Å². The third-order valence-electron chi connectivity index (χ3n) is 3.01. The van der Waals surface area contributed by atoms with E-state index in [1.165, 1.54) is 0 Å². The number of nitrogens with one attached hydrogen (secondary N) is 1. The molecule has 0 spiro atoms. The monoisotopic (exact) mass is 303 g/mol. The van der Waals surface area contributed by atoms with Gasteiger partial charge in [-0.1, -0.05) is 0 Å². The topological polar surface area (TPSA) is 75.4 Å². The number of carbonyl (C=O) groups excluding carboxylic acids is 2. The van der Waals surface area contributed by atoms with Gasteiger partial charge in [0.25, 0.3) is 0 Å². The van der Waals surface area contributed by atoms with E-state index in [1.807, 2.05) is 0 Å². The van der Waals surface area contributed by atoms with E-state index in [0.717, 1.165) is 29.9 Å². The molecule has 17 heavy (non-hydrogen) atoms. The first kappa shape index (κ1) is 14.5. The Morgan fingerprint density at radius 2 is 1.65 bits per heavy atom. The van der Waals surface area contributed by atoms with E-state index in [0.29, 0.717) is 0 Å². The van der Waals surface area contributed by atoms with Gasteiger partial charge in [0, 0.05) is 0 Å². The maximum absolute atomic E-state index is 11.6. The molecule has 1 aliphatic rings. The van der Waals surface area contributed by atoms with Gasteiger partial charge in [-0.05, 0) is 0 Å². The molecule has 1 rings (SSSR count). The van der Waals surface area contributed by atoms with E-state index in [1.54, 1.807) is 3.82 Å². The summed E-state index contributed by atoms with van der Waals surface area (Å²) in [6.07, 6.45) is 1.65. The molecule has 1 atom stereocenters. The molecule has 0 aromatic carbocycles. The van der Waals surface area contributed by atoms with Crippen molar-refractivity contribution in [2.75, 3.05) is 0 Å². The summed E-state index contributed by atoms with van der Waals surface area (Å²) in [6.45, 7) is 8.43. The second kappa shape index (κ2) is 4.62. The van der Waals surface area contributed by atoms with Crippen LogP contribution in [0.1, 0.15) is 40.5 Å². The fourth-order valence-electron chi connectivity index (χ4n) is 2.76. The molecule has 3 N–H and O–H groups in total. The van der Waals surface area contributed by atoms with Crippen LogP contribution in [0.2, 0.25) is 0 Å². The molecule has 0 aliphatic carbocycles. The molecule has 6 heteroatoms. The molecule has 1 unspecified atom stereocenters. The third-order valence-corrected chi connectivity index (χ3v) is 4.38. The van der Waals surface area contributed by atoms with E-state index >= 15 is 0 Å². The SMILES string of the molecule is CC1(C)CC(N([AsH2])C(=O)C(N)=O)CC(C)(C)N1. The Hall–Kier alpha value is -0.542. The number of primary amides is 1. The first-order valence-electron chi connectivity index (χ1n) is 5.71. The summed E-state index contributed by atoms with van der Waals surface area (Å²) in [4.78, 5) is 22.5. The number of hydrogen-bond donors (Lipinski definition) is 2. The Morgan fingerprint density at radius 1 is 1.24 bits per heavy atom. The van der Waals surface area contributed by atoms with Gasteiger partial charge in [-0.25, -0.2) is 0 Å². The van der Waals surface area contributed by atoms with Gasteiger partial charge in [-0.2, -0.15) is 0 Å². The molecule has 0 radical (unpaired) electrons. The minimum atomic E-state index is -0.872. The predicted octanol–water partition coefficient (Wildman–Crippen LogP) is -0.842. The van der Waals surface area contributed by atoms with Gasteiger partial charge in [0.2, 0.25) is 0 Å². The van der Waals surface area contributed by atoms with Gasteiger partial charge < -0.3 is 0 Å². The number of nitrogens with two attached hydrogens (primary N) is 1. The summed E-state index contributed by atoms with van der Waals surface area (Å²) >= 11 is 1.14. The van der Waals surface area contributed by atoms with Crippen molar-refractivity contribution in [1.82, 2.24) is 9.13 Å². The van der Waals surface area contributed by atoms with E-state index < -0.39 is 11.8 Å². The van der Waals surface area contributed by atoms with E-state index in [4.69, 9.17) is 5.73 Å². The van der Waals surface area contributed by atoms with Gasteiger partial charge in [-0.15, -0.1) is 0 Å². The molecule has 0 aromatic heterocycles. The van der Waals surface area contributed by atoms with Gasteiger partial charge in [0.15, 0.2) is 0 Å². The van der Waals surface area contributed by atoms with E-state index in [9.17, 15) is 9.59 Å². The first-order valence-corrected chi connectivity index (χ1v) is 6.79. The summed E-state index contributed by atoms with van der Waals surface area (Å²) < 4.78 is 1.54. The Morgan fingerprint density at radius 3 is 2.00 bits per heavy atom. The normalized spacial score (nSPS) is 23.1. The van der Waals surface area contributed by atoms with Gasteiger partial charge in [0.05, 0.1) is 0 Å². The van der Waals surface area contributed by atoms with Crippen LogP contribution in [0.5, 0.6) is 0 Å². The van der Waals surface area contributed by atoms with Crippen molar-refractivity contribution in [1.29, 1.82) is 0 Å². The molecule has 1 aliphatic heterocycles. The molecule has 5 nitrogen and oxygen atoms in total. The average Bonchev–Trinajstić information content (AvgIpc) is 2.10. The van der Waals surface area contributed by atoms with Gasteiger partial charge in [-0.3, -0.25) is 0 Å². The summed E-state index contributed by atoms with van der Waals surface area (Å²) in [6, 6.07) is 0.0706. The van der Waals surface area contributed by atoms with Crippen molar-refractivity contribution in [2.45, 2.75) is 57.7 Å². The summed E-state index contributed by atoms with van der Waals surface area (Å²) in [5, 5.41) is 3.54. The number of piperidine rings is 1. The van der Waals surface area contributed by atoms with Crippen LogP contribution >= 0.6 is 0 Å². The van der Waals surface area contributed by atoms with Crippen molar-refractivity contribution >= 4 is 28.9 Å². The Balaban J connectivity index is 2.84. The summed E-state index contributed by atoms with van der Waals surface area (Å²) in [7, 11) is 0. The maximum atomic E-state index is 11.6. The summed E-state index contributed by atoms with van der Waals surface area (Å²) in [5.41, 5.74) is 4.95. The van der Waals surface area contributed by atoms with Crippen LogP contribution in [0.3, 0.4) is 0 Å². The van der Waals surface area contributed by atoms with Crippen molar-refractivity contribution in [3.8, 4) is 0 Å². The molecule has 2 amide bonds. The molecule has 1 fully saturated rings. The number of amides is 2. The molecule has 1 saturated heterocycles. The quantitative estimate of drug-likeness (QED) is 0.490. The second-order valence-electron chi connectivity index (χ2n) is 6.03. The number of rotatable bonds is 1. The summed E-state index contributed by atoms with van der Waals surface area (Å²) in [5.74, 6) is -1.45. The van der Waals surface area contributed by atoms with Crippen LogP contribution in [0.15, 0.2) is 0 Å². The van der Waals surface area contributed by atoms with Crippen molar-refractivity contribution in [2.24, 2.45) is 5.73 Å². The zero-order chi connectivity index (χ0) is 13.4. The molecule has 1 heterocycles. The molecule has 98 valence electrons. The Labute approximate surface area is 111 Å². The molecule has 0 saturated carbocycles. The van der Waals surface area contributed by atoms with Crippen molar-refractivity contribution in [3.05, 3.63) is 0 Å².